The van der Waals surface area contributed by atoms with Crippen LogP contribution in [0, 0.1) is 69.2 Å². The average molecular weight is 449 g/mol. The number of hydrogen-bond donors (Lipinski definition) is 0. The lowest BCUT2D eigenvalue weighted by Crippen LogP contribution is -2.02. The van der Waals surface area contributed by atoms with E-state index in [0.717, 1.165) is 22.8 Å². The van der Waals surface area contributed by atoms with Gasteiger partial charge in [0.25, 0.3) is 0 Å². The molecular formula is C32H36N2. The molecule has 2 aromatic carbocycles. The lowest BCUT2D eigenvalue weighted by atomic mass is 9.88. The summed E-state index contributed by atoms with van der Waals surface area (Å²) in [6, 6.07) is 12.6. The molecule has 0 N–H and O–H groups in total. The molecule has 2 heterocycles. The highest BCUT2D eigenvalue weighted by atomic mass is 14.8. The van der Waals surface area contributed by atoms with Gasteiger partial charge >= 0.3 is 0 Å². The highest BCUT2D eigenvalue weighted by Crippen LogP contribution is 2.36. The van der Waals surface area contributed by atoms with Crippen LogP contribution in [0.5, 0.6) is 0 Å². The molecule has 0 unspecified atom stereocenters. The summed E-state index contributed by atoms with van der Waals surface area (Å²) in [6.07, 6.45) is 0. The molecule has 0 saturated carbocycles. The van der Waals surface area contributed by atoms with Crippen LogP contribution in [-0.4, -0.2) is 9.97 Å². The van der Waals surface area contributed by atoms with Crippen molar-refractivity contribution < 1.29 is 0 Å². The third-order valence-electron chi connectivity index (χ3n) is 8.27. The maximum Gasteiger partial charge on any atom is 0.0893 e. The lowest BCUT2D eigenvalue weighted by molar-refractivity contribution is 1.15. The molecule has 0 aliphatic carbocycles. The van der Waals surface area contributed by atoms with Crippen LogP contribution in [0.3, 0.4) is 0 Å². The van der Waals surface area contributed by atoms with Gasteiger partial charge in [0.2, 0.25) is 0 Å². The second kappa shape index (κ2) is 8.83. The molecule has 0 spiro atoms. The normalized spacial score (nSPS) is 11.2. The fourth-order valence-corrected chi connectivity index (χ4v) is 5.20. The predicted molar refractivity (Wildman–Crippen MR) is 146 cm³/mol. The van der Waals surface area contributed by atoms with Crippen molar-refractivity contribution in [2.24, 2.45) is 0 Å². The summed E-state index contributed by atoms with van der Waals surface area (Å²) in [5, 5.41) is 0. The lowest BCUT2D eigenvalue weighted by Gasteiger charge is -2.19. The zero-order valence-corrected chi connectivity index (χ0v) is 22.4. The molecule has 0 amide bonds. The van der Waals surface area contributed by atoms with Crippen molar-refractivity contribution in [3.05, 3.63) is 92.0 Å². The van der Waals surface area contributed by atoms with E-state index in [1.165, 1.54) is 66.8 Å². The quantitative estimate of drug-likeness (QED) is 0.314. The smallest absolute Gasteiger partial charge is 0.0893 e. The van der Waals surface area contributed by atoms with Gasteiger partial charge in [-0.25, -0.2) is 9.97 Å². The summed E-state index contributed by atoms with van der Waals surface area (Å²) in [6.45, 7) is 22.1. The molecule has 0 fully saturated rings. The summed E-state index contributed by atoms with van der Waals surface area (Å²) >= 11 is 0. The molecule has 34 heavy (non-hydrogen) atoms. The van der Waals surface area contributed by atoms with Crippen molar-refractivity contribution in [3.8, 4) is 33.9 Å². The van der Waals surface area contributed by atoms with Crippen molar-refractivity contribution in [1.29, 1.82) is 0 Å². The van der Waals surface area contributed by atoms with E-state index in [1.807, 2.05) is 0 Å². The van der Waals surface area contributed by atoms with Crippen LogP contribution >= 0.6 is 0 Å². The van der Waals surface area contributed by atoms with Gasteiger partial charge < -0.3 is 0 Å². The van der Waals surface area contributed by atoms with Gasteiger partial charge in [-0.05, 0) is 149 Å². The Bertz CT molecular complexity index is 1270. The van der Waals surface area contributed by atoms with Crippen molar-refractivity contribution >= 4 is 0 Å². The molecule has 2 aromatic heterocycles. The van der Waals surface area contributed by atoms with Crippen LogP contribution in [0.2, 0.25) is 0 Å². The van der Waals surface area contributed by atoms with Crippen molar-refractivity contribution in [3.63, 3.8) is 0 Å². The van der Waals surface area contributed by atoms with Crippen molar-refractivity contribution in [2.75, 3.05) is 0 Å². The predicted octanol–water partition coefficient (Wildman–Crippen LogP) is 8.56. The maximum absolute atomic E-state index is 5.11. The second-order valence-corrected chi connectivity index (χ2v) is 9.82. The van der Waals surface area contributed by atoms with Crippen LogP contribution in [0.1, 0.15) is 55.6 Å². The minimum absolute atomic E-state index is 0.907. The molecule has 2 nitrogen and oxygen atoms in total. The molecule has 0 radical (unpaired) electrons. The van der Waals surface area contributed by atoms with Crippen molar-refractivity contribution in [2.45, 2.75) is 69.2 Å². The Morgan fingerprint density at radius 2 is 0.559 bits per heavy atom. The van der Waals surface area contributed by atoms with Gasteiger partial charge in [-0.15, -0.1) is 0 Å². The summed E-state index contributed by atoms with van der Waals surface area (Å²) in [4.78, 5) is 10.2. The third kappa shape index (κ3) is 3.76. The number of benzene rings is 2. The summed E-state index contributed by atoms with van der Waals surface area (Å²) in [5.41, 5.74) is 19.7. The Morgan fingerprint density at radius 1 is 0.324 bits per heavy atom. The van der Waals surface area contributed by atoms with E-state index in [4.69, 9.17) is 9.97 Å². The Balaban J connectivity index is 1.87. The van der Waals surface area contributed by atoms with E-state index in [9.17, 15) is 0 Å². The van der Waals surface area contributed by atoms with Gasteiger partial charge in [-0.2, -0.15) is 0 Å². The van der Waals surface area contributed by atoms with Crippen LogP contribution in [-0.2, 0) is 0 Å². The van der Waals surface area contributed by atoms with Gasteiger partial charge in [0.15, 0.2) is 0 Å². The molecule has 0 saturated heterocycles. The number of pyridine rings is 2. The van der Waals surface area contributed by atoms with Gasteiger partial charge in [-0.1, -0.05) is 12.1 Å². The van der Waals surface area contributed by atoms with E-state index < -0.39 is 0 Å². The largest absolute Gasteiger partial charge is 0.246 e. The Hall–Kier alpha value is -3.26. The fraction of sp³-hybridized carbons (Fsp3) is 0.312. The van der Waals surface area contributed by atoms with Crippen LogP contribution < -0.4 is 0 Å². The molecule has 174 valence electrons. The van der Waals surface area contributed by atoms with E-state index in [2.05, 4.69) is 106 Å². The molecule has 2 heteroatoms. The highest BCUT2D eigenvalue weighted by Gasteiger charge is 2.17. The first-order chi connectivity index (χ1) is 16.0. The first kappa shape index (κ1) is 23.9. The van der Waals surface area contributed by atoms with Crippen LogP contribution in [0.15, 0.2) is 36.4 Å². The fourth-order valence-electron chi connectivity index (χ4n) is 5.20. The molecule has 0 bridgehead atoms. The average Bonchev–Trinajstić information content (AvgIpc) is 2.84. The van der Waals surface area contributed by atoms with E-state index >= 15 is 0 Å². The zero-order chi connectivity index (χ0) is 24.9. The summed E-state index contributed by atoms with van der Waals surface area (Å²) in [7, 11) is 0. The molecule has 0 aliphatic rings. The first-order valence-electron chi connectivity index (χ1n) is 12.1. The molecule has 4 rings (SSSR count). The SMILES string of the molecule is Cc1c(C)c(C)c(-c2cccc(-c3cccc(-c4c(C)c(C)c(C)c(C)c4C)n3)n2)c(C)c1C. The number of aromatic nitrogens is 2. The first-order valence-corrected chi connectivity index (χ1v) is 12.1. The zero-order valence-electron chi connectivity index (χ0n) is 22.4. The Kier molecular flexibility index (Phi) is 6.20. The number of hydrogen-bond acceptors (Lipinski definition) is 2. The third-order valence-corrected chi connectivity index (χ3v) is 8.27. The minimum atomic E-state index is 0.907. The van der Waals surface area contributed by atoms with Crippen molar-refractivity contribution in [1.82, 2.24) is 9.97 Å². The number of nitrogens with zero attached hydrogens (tertiary/aromatic N) is 2. The van der Waals surface area contributed by atoms with Gasteiger partial charge in [0.05, 0.1) is 22.8 Å². The van der Waals surface area contributed by atoms with Gasteiger partial charge in [0.1, 0.15) is 0 Å². The maximum atomic E-state index is 5.11. The van der Waals surface area contributed by atoms with Crippen LogP contribution in [0.4, 0.5) is 0 Å². The summed E-state index contributed by atoms with van der Waals surface area (Å²) < 4.78 is 0. The van der Waals surface area contributed by atoms with Gasteiger partial charge in [0, 0.05) is 11.1 Å². The Morgan fingerprint density at radius 3 is 0.853 bits per heavy atom. The molecule has 4 aromatic rings. The molecular weight excluding hydrogens is 412 g/mol. The highest BCUT2D eigenvalue weighted by molar-refractivity contribution is 5.76. The minimum Gasteiger partial charge on any atom is -0.246 e. The topological polar surface area (TPSA) is 25.8 Å². The van der Waals surface area contributed by atoms with E-state index in [1.54, 1.807) is 0 Å². The molecule has 0 atom stereocenters. The van der Waals surface area contributed by atoms with Crippen LogP contribution in [0.25, 0.3) is 33.9 Å². The monoisotopic (exact) mass is 448 g/mol. The van der Waals surface area contributed by atoms with E-state index in [-0.39, 0.29) is 0 Å². The van der Waals surface area contributed by atoms with Gasteiger partial charge in [-0.3, -0.25) is 0 Å². The molecule has 0 aliphatic heterocycles. The second-order valence-electron chi connectivity index (χ2n) is 9.82. The van der Waals surface area contributed by atoms with E-state index in [0.29, 0.717) is 0 Å². The summed E-state index contributed by atoms with van der Waals surface area (Å²) in [5.74, 6) is 0. The standard InChI is InChI=1S/C32H36N2/c1-17-19(3)23(7)31(24(8)20(17)4)29-15-11-13-27(33-29)28-14-12-16-30(34-28)32-25(9)21(5)18(2)22(6)26(32)10/h11-16H,1-10H3. The Labute approximate surface area is 205 Å². The number of rotatable bonds is 3.